The molecule has 2 aromatic rings. The van der Waals surface area contributed by atoms with Crippen LogP contribution in [0, 0.1) is 3.57 Å². The normalized spacial score (nSPS) is 14.3. The van der Waals surface area contributed by atoms with E-state index in [0.717, 1.165) is 3.57 Å². The van der Waals surface area contributed by atoms with Crippen LogP contribution >= 0.6 is 34.8 Å². The van der Waals surface area contributed by atoms with Crippen LogP contribution < -0.4 is 19.1 Å². The molecule has 8 nitrogen and oxygen atoms in total. The lowest BCUT2D eigenvalue weighted by Crippen LogP contribution is -2.35. The van der Waals surface area contributed by atoms with Crippen LogP contribution in [0.2, 0.25) is 0 Å². The van der Waals surface area contributed by atoms with E-state index >= 15 is 0 Å². The SMILES string of the molecule is C=CCOc1c(I)cc(/C=C2/C(=O)N(c3ccc(OC)cc3)C(=S)N2CC(=O)OC)cc1OCC. The van der Waals surface area contributed by atoms with Gasteiger partial charge in [-0.25, -0.2) is 0 Å². The van der Waals surface area contributed by atoms with E-state index < -0.39 is 5.97 Å². The summed E-state index contributed by atoms with van der Waals surface area (Å²) in [5.41, 5.74) is 1.47. The van der Waals surface area contributed by atoms with Crippen molar-refractivity contribution in [3.8, 4) is 17.2 Å². The molecular formula is C25H25IN2O6S. The second-order valence-electron chi connectivity index (χ2n) is 7.18. The quantitative estimate of drug-likeness (QED) is 0.129. The minimum atomic E-state index is -0.527. The van der Waals surface area contributed by atoms with E-state index in [1.165, 1.54) is 16.9 Å². The summed E-state index contributed by atoms with van der Waals surface area (Å²) >= 11 is 7.75. The summed E-state index contributed by atoms with van der Waals surface area (Å²) < 4.78 is 22.4. The Labute approximate surface area is 223 Å². The van der Waals surface area contributed by atoms with Crippen molar-refractivity contribution in [2.45, 2.75) is 6.92 Å². The third-order valence-corrected chi connectivity index (χ3v) is 6.17. The zero-order chi connectivity index (χ0) is 25.5. The molecule has 1 aliphatic heterocycles. The number of rotatable bonds is 10. The zero-order valence-corrected chi connectivity index (χ0v) is 22.6. The van der Waals surface area contributed by atoms with E-state index in [0.29, 0.717) is 41.7 Å². The summed E-state index contributed by atoms with van der Waals surface area (Å²) in [6, 6.07) is 10.6. The standard InChI is InChI=1S/C25H25IN2O6S/c1-5-11-34-23-19(26)12-16(14-21(23)33-6-2)13-20-24(30)28(17-7-9-18(31-3)10-8-17)25(35)27(20)15-22(29)32-4/h5,7-10,12-14H,1,6,11,15H2,2-4H3/b20-13-. The molecule has 1 fully saturated rings. The second-order valence-corrected chi connectivity index (χ2v) is 8.70. The van der Waals surface area contributed by atoms with Crippen molar-refractivity contribution >= 4 is 63.6 Å². The summed E-state index contributed by atoms with van der Waals surface area (Å²) in [6.07, 6.45) is 3.32. The molecule has 184 valence electrons. The monoisotopic (exact) mass is 608 g/mol. The molecule has 1 heterocycles. The van der Waals surface area contributed by atoms with Crippen molar-refractivity contribution in [3.05, 3.63) is 63.9 Å². The van der Waals surface area contributed by atoms with Gasteiger partial charge < -0.3 is 23.8 Å². The zero-order valence-electron chi connectivity index (χ0n) is 19.6. The first-order valence-electron chi connectivity index (χ1n) is 10.6. The maximum absolute atomic E-state index is 13.5. The number of carbonyl (C=O) groups excluding carboxylic acids is 2. The highest BCUT2D eigenvalue weighted by atomic mass is 127. The van der Waals surface area contributed by atoms with Crippen LogP contribution in [0.25, 0.3) is 6.08 Å². The maximum Gasteiger partial charge on any atom is 0.325 e. The lowest BCUT2D eigenvalue weighted by atomic mass is 10.1. The van der Waals surface area contributed by atoms with Gasteiger partial charge in [-0.05, 0) is 89.8 Å². The van der Waals surface area contributed by atoms with E-state index in [1.54, 1.807) is 49.6 Å². The van der Waals surface area contributed by atoms with E-state index in [9.17, 15) is 9.59 Å². The Hall–Kier alpha value is -3.12. The highest BCUT2D eigenvalue weighted by Crippen LogP contribution is 2.36. The number of esters is 1. The Bertz CT molecular complexity index is 1170. The topological polar surface area (TPSA) is 77.5 Å². The van der Waals surface area contributed by atoms with Gasteiger partial charge in [0.15, 0.2) is 16.6 Å². The Kier molecular flexibility index (Phi) is 9.10. The number of nitrogens with zero attached hydrogens (tertiary/aromatic N) is 2. The van der Waals surface area contributed by atoms with Gasteiger partial charge in [0.05, 0.1) is 30.1 Å². The number of carbonyl (C=O) groups is 2. The second kappa shape index (κ2) is 12.0. The van der Waals surface area contributed by atoms with Crippen LogP contribution in [0.1, 0.15) is 12.5 Å². The van der Waals surface area contributed by atoms with Gasteiger partial charge in [-0.3, -0.25) is 14.5 Å². The molecule has 0 aromatic heterocycles. The van der Waals surface area contributed by atoms with Crippen LogP contribution in [0.3, 0.4) is 0 Å². The van der Waals surface area contributed by atoms with Crippen LogP contribution in [0.5, 0.6) is 17.2 Å². The predicted molar refractivity (Wildman–Crippen MR) is 146 cm³/mol. The van der Waals surface area contributed by atoms with Crippen molar-refractivity contribution in [3.63, 3.8) is 0 Å². The fourth-order valence-corrected chi connectivity index (χ4v) is 4.49. The lowest BCUT2D eigenvalue weighted by molar-refractivity contribution is -0.140. The third-order valence-electron chi connectivity index (χ3n) is 4.96. The van der Waals surface area contributed by atoms with Gasteiger partial charge in [0.2, 0.25) is 0 Å². The molecule has 0 N–H and O–H groups in total. The molecule has 10 heteroatoms. The molecule has 1 aliphatic rings. The highest BCUT2D eigenvalue weighted by molar-refractivity contribution is 14.1. The number of hydrogen-bond donors (Lipinski definition) is 0. The maximum atomic E-state index is 13.5. The summed E-state index contributed by atoms with van der Waals surface area (Å²) in [6.45, 7) is 6.10. The number of anilines is 1. The van der Waals surface area contributed by atoms with E-state index in [-0.39, 0.29) is 23.3 Å². The van der Waals surface area contributed by atoms with E-state index in [4.69, 9.17) is 31.2 Å². The number of methoxy groups -OCH3 is 2. The Morgan fingerprint density at radius 2 is 1.89 bits per heavy atom. The number of amides is 1. The fourth-order valence-electron chi connectivity index (χ4n) is 3.36. The molecule has 0 saturated carbocycles. The van der Waals surface area contributed by atoms with Crippen molar-refractivity contribution in [1.82, 2.24) is 4.90 Å². The minimum Gasteiger partial charge on any atom is -0.497 e. The van der Waals surface area contributed by atoms with Crippen LogP contribution in [-0.2, 0) is 14.3 Å². The van der Waals surface area contributed by atoms with Gasteiger partial charge >= 0.3 is 5.97 Å². The van der Waals surface area contributed by atoms with Crippen molar-refractivity contribution < 1.29 is 28.5 Å². The number of hydrogen-bond acceptors (Lipinski definition) is 7. The first kappa shape index (κ1) is 26.5. The average molecular weight is 608 g/mol. The smallest absolute Gasteiger partial charge is 0.325 e. The van der Waals surface area contributed by atoms with Gasteiger partial charge in [-0.2, -0.15) is 0 Å². The molecule has 3 rings (SSSR count). The van der Waals surface area contributed by atoms with Gasteiger partial charge in [0, 0.05) is 0 Å². The van der Waals surface area contributed by atoms with Gasteiger partial charge in [-0.15, -0.1) is 0 Å². The van der Waals surface area contributed by atoms with Crippen molar-refractivity contribution in [2.75, 3.05) is 38.9 Å². The number of halogens is 1. The molecule has 35 heavy (non-hydrogen) atoms. The number of benzene rings is 2. The van der Waals surface area contributed by atoms with Crippen LogP contribution in [0.15, 0.2) is 54.8 Å². The Morgan fingerprint density at radius 1 is 1.17 bits per heavy atom. The van der Waals surface area contributed by atoms with E-state index in [1.807, 2.05) is 13.0 Å². The molecular weight excluding hydrogens is 583 g/mol. The Balaban J connectivity index is 2.07. The fraction of sp³-hybridized carbons (Fsp3) is 0.240. The average Bonchev–Trinajstić information content (AvgIpc) is 3.07. The highest BCUT2D eigenvalue weighted by Gasteiger charge is 2.40. The molecule has 0 spiro atoms. The largest absolute Gasteiger partial charge is 0.497 e. The molecule has 0 radical (unpaired) electrons. The lowest BCUT2D eigenvalue weighted by Gasteiger charge is -2.19. The summed E-state index contributed by atoms with van der Waals surface area (Å²) in [5.74, 6) is 0.872. The van der Waals surface area contributed by atoms with Crippen LogP contribution in [-0.4, -0.2) is 55.9 Å². The summed E-state index contributed by atoms with van der Waals surface area (Å²) in [5, 5.41) is 0.169. The summed E-state index contributed by atoms with van der Waals surface area (Å²) in [4.78, 5) is 28.5. The summed E-state index contributed by atoms with van der Waals surface area (Å²) in [7, 11) is 2.85. The molecule has 1 amide bonds. The first-order valence-corrected chi connectivity index (χ1v) is 12.1. The van der Waals surface area contributed by atoms with Gasteiger partial charge in [0.1, 0.15) is 24.6 Å². The predicted octanol–water partition coefficient (Wildman–Crippen LogP) is 4.41. The number of ether oxygens (including phenoxy) is 4. The number of thiocarbonyl (C=S) groups is 1. The first-order chi connectivity index (χ1) is 16.8. The molecule has 2 aromatic carbocycles. The van der Waals surface area contributed by atoms with E-state index in [2.05, 4.69) is 29.2 Å². The third kappa shape index (κ3) is 5.93. The molecule has 0 bridgehead atoms. The minimum absolute atomic E-state index is 0.169. The molecule has 0 atom stereocenters. The van der Waals surface area contributed by atoms with Gasteiger partial charge in [-0.1, -0.05) is 12.7 Å². The Morgan fingerprint density at radius 3 is 2.49 bits per heavy atom. The van der Waals surface area contributed by atoms with Crippen molar-refractivity contribution in [2.24, 2.45) is 0 Å². The molecule has 0 unspecified atom stereocenters. The molecule has 0 aliphatic carbocycles. The van der Waals surface area contributed by atoms with Crippen molar-refractivity contribution in [1.29, 1.82) is 0 Å². The molecule has 1 saturated heterocycles. The van der Waals surface area contributed by atoms with Crippen LogP contribution in [0.4, 0.5) is 5.69 Å². The van der Waals surface area contributed by atoms with Gasteiger partial charge in [0.25, 0.3) is 5.91 Å².